The first kappa shape index (κ1) is 13.8. The summed E-state index contributed by atoms with van der Waals surface area (Å²) in [6.45, 7) is 5.34. The summed E-state index contributed by atoms with van der Waals surface area (Å²) in [7, 11) is 0. The van der Waals surface area contributed by atoms with E-state index in [4.69, 9.17) is 16.7 Å². The Morgan fingerprint density at radius 1 is 1.53 bits per heavy atom. The highest BCUT2D eigenvalue weighted by Gasteiger charge is 2.18. The van der Waals surface area contributed by atoms with Crippen molar-refractivity contribution in [3.05, 3.63) is 11.6 Å². The minimum atomic E-state index is -1.04. The number of aliphatic carboxylic acids is 1. The summed E-state index contributed by atoms with van der Waals surface area (Å²) in [5.74, 6) is -1.04. The summed E-state index contributed by atoms with van der Waals surface area (Å²) < 4.78 is 0. The number of hydrogen-bond acceptors (Lipinski definition) is 2. The number of hydrogen-bond donors (Lipinski definition) is 3. The molecule has 0 bridgehead atoms. The van der Waals surface area contributed by atoms with Crippen LogP contribution in [0.4, 0.5) is 4.79 Å². The summed E-state index contributed by atoms with van der Waals surface area (Å²) in [5.41, 5.74) is 0. The molecule has 0 aromatic rings. The van der Waals surface area contributed by atoms with Gasteiger partial charge in [0.2, 0.25) is 0 Å². The third-order valence-electron chi connectivity index (χ3n) is 1.62. The number of carboxylic acids is 1. The van der Waals surface area contributed by atoms with E-state index in [0.717, 1.165) is 0 Å². The van der Waals surface area contributed by atoms with Gasteiger partial charge >= 0.3 is 12.0 Å². The maximum atomic E-state index is 11.2. The van der Waals surface area contributed by atoms with Crippen LogP contribution in [0.2, 0.25) is 0 Å². The number of rotatable bonds is 6. The van der Waals surface area contributed by atoms with Crippen LogP contribution in [0.15, 0.2) is 11.6 Å². The number of carboxylic acid groups (broad SMARTS) is 1. The molecule has 15 heavy (non-hydrogen) atoms. The Bertz CT molecular complexity index is 256. The molecule has 3 N–H and O–H groups in total. The van der Waals surface area contributed by atoms with E-state index >= 15 is 0 Å². The molecule has 0 heterocycles. The fraction of sp³-hybridized carbons (Fsp3) is 0.556. The van der Waals surface area contributed by atoms with Crippen molar-refractivity contribution >= 4 is 23.6 Å². The third kappa shape index (κ3) is 6.79. The van der Waals surface area contributed by atoms with Crippen LogP contribution in [-0.2, 0) is 4.79 Å². The zero-order chi connectivity index (χ0) is 11.8. The van der Waals surface area contributed by atoms with Crippen LogP contribution in [0.5, 0.6) is 0 Å². The van der Waals surface area contributed by atoms with Gasteiger partial charge in [0.1, 0.15) is 6.04 Å². The van der Waals surface area contributed by atoms with Gasteiger partial charge in [0, 0.05) is 5.03 Å². The van der Waals surface area contributed by atoms with Gasteiger partial charge in [-0.15, -0.1) is 0 Å². The maximum absolute atomic E-state index is 11.2. The van der Waals surface area contributed by atoms with Crippen LogP contribution in [-0.4, -0.2) is 29.7 Å². The Morgan fingerprint density at radius 2 is 2.13 bits per heavy atom. The van der Waals surface area contributed by atoms with E-state index in [0.29, 0.717) is 12.8 Å². The molecule has 0 aromatic carbocycles. The topological polar surface area (TPSA) is 78.4 Å². The third-order valence-corrected chi connectivity index (χ3v) is 1.76. The second-order valence-corrected chi connectivity index (χ2v) is 3.56. The molecule has 0 radical (unpaired) electrons. The van der Waals surface area contributed by atoms with Crippen molar-refractivity contribution in [2.24, 2.45) is 0 Å². The minimum Gasteiger partial charge on any atom is -0.480 e. The van der Waals surface area contributed by atoms with E-state index in [1.165, 1.54) is 0 Å². The molecule has 0 saturated heterocycles. The Kier molecular flexibility index (Phi) is 6.53. The average molecular weight is 235 g/mol. The average Bonchev–Trinajstić information content (AvgIpc) is 2.14. The quantitative estimate of drug-likeness (QED) is 0.648. The van der Waals surface area contributed by atoms with Gasteiger partial charge in [-0.2, -0.15) is 0 Å². The zero-order valence-electron chi connectivity index (χ0n) is 8.55. The molecule has 0 fully saturated rings. The van der Waals surface area contributed by atoms with E-state index < -0.39 is 18.0 Å². The Labute approximate surface area is 93.5 Å². The Morgan fingerprint density at radius 3 is 2.53 bits per heavy atom. The number of halogens is 1. The lowest BCUT2D eigenvalue weighted by Crippen LogP contribution is -2.46. The normalized spacial score (nSPS) is 11.6. The molecule has 86 valence electrons. The number of nitrogens with one attached hydrogen (secondary N) is 2. The highest BCUT2D eigenvalue weighted by atomic mass is 35.5. The molecular weight excluding hydrogens is 220 g/mol. The first-order chi connectivity index (χ1) is 6.97. The molecule has 5 nitrogen and oxygen atoms in total. The standard InChI is InChI=1S/C9H15ClN2O3/c1-3-4-7(8(13)14)12-9(15)11-5-6(2)10/h7H,2-5H2,1H3,(H,13,14)(H2,11,12,15)/t7-/m0/s1. The van der Waals surface area contributed by atoms with E-state index in [1.54, 1.807) is 0 Å². The van der Waals surface area contributed by atoms with E-state index in [-0.39, 0.29) is 11.6 Å². The van der Waals surface area contributed by atoms with Crippen LogP contribution in [0.3, 0.4) is 0 Å². The molecule has 2 amide bonds. The molecule has 0 aliphatic carbocycles. The van der Waals surface area contributed by atoms with Gasteiger partial charge in [-0.05, 0) is 6.42 Å². The van der Waals surface area contributed by atoms with Crippen molar-refractivity contribution in [3.63, 3.8) is 0 Å². The number of urea groups is 1. The van der Waals surface area contributed by atoms with Gasteiger partial charge in [0.25, 0.3) is 0 Å². The van der Waals surface area contributed by atoms with Crippen molar-refractivity contribution in [1.82, 2.24) is 10.6 Å². The molecule has 0 saturated carbocycles. The lowest BCUT2D eigenvalue weighted by atomic mass is 10.2. The first-order valence-electron chi connectivity index (χ1n) is 4.57. The van der Waals surface area contributed by atoms with Gasteiger partial charge in [0.15, 0.2) is 0 Å². The number of amides is 2. The molecule has 0 spiro atoms. The summed E-state index contributed by atoms with van der Waals surface area (Å²) in [5, 5.41) is 13.7. The van der Waals surface area contributed by atoms with Crippen molar-refractivity contribution in [2.45, 2.75) is 25.8 Å². The fourth-order valence-corrected chi connectivity index (χ4v) is 0.998. The Balaban J connectivity index is 3.99. The molecule has 0 aromatic heterocycles. The number of carbonyl (C=O) groups excluding carboxylic acids is 1. The van der Waals surface area contributed by atoms with Crippen LogP contribution in [0.25, 0.3) is 0 Å². The molecule has 1 atom stereocenters. The monoisotopic (exact) mass is 234 g/mol. The predicted octanol–water partition coefficient (Wildman–Crippen LogP) is 1.29. The zero-order valence-corrected chi connectivity index (χ0v) is 9.30. The number of carbonyl (C=O) groups is 2. The fourth-order valence-electron chi connectivity index (χ4n) is 0.932. The molecule has 0 aliphatic heterocycles. The van der Waals surface area contributed by atoms with Gasteiger partial charge < -0.3 is 15.7 Å². The lowest BCUT2D eigenvalue weighted by Gasteiger charge is -2.13. The van der Waals surface area contributed by atoms with Gasteiger partial charge in [0.05, 0.1) is 6.54 Å². The maximum Gasteiger partial charge on any atom is 0.326 e. The first-order valence-corrected chi connectivity index (χ1v) is 4.95. The minimum absolute atomic E-state index is 0.117. The van der Waals surface area contributed by atoms with Crippen LogP contribution in [0.1, 0.15) is 19.8 Å². The van der Waals surface area contributed by atoms with Crippen molar-refractivity contribution < 1.29 is 14.7 Å². The smallest absolute Gasteiger partial charge is 0.326 e. The summed E-state index contributed by atoms with van der Waals surface area (Å²) >= 11 is 5.43. The van der Waals surface area contributed by atoms with Gasteiger partial charge in [-0.3, -0.25) is 0 Å². The van der Waals surface area contributed by atoms with Crippen molar-refractivity contribution in [3.8, 4) is 0 Å². The summed E-state index contributed by atoms with van der Waals surface area (Å²) in [4.78, 5) is 21.8. The van der Waals surface area contributed by atoms with E-state index in [1.807, 2.05) is 6.92 Å². The second kappa shape index (κ2) is 7.11. The lowest BCUT2D eigenvalue weighted by molar-refractivity contribution is -0.139. The molecule has 0 aliphatic rings. The van der Waals surface area contributed by atoms with E-state index in [9.17, 15) is 9.59 Å². The molecule has 0 rings (SSSR count). The highest BCUT2D eigenvalue weighted by molar-refractivity contribution is 6.29. The summed E-state index contributed by atoms with van der Waals surface area (Å²) in [6.07, 6.45) is 1.07. The molecular formula is C9H15ClN2O3. The van der Waals surface area contributed by atoms with Gasteiger partial charge in [-0.1, -0.05) is 31.5 Å². The Hall–Kier alpha value is -1.23. The van der Waals surface area contributed by atoms with Crippen molar-refractivity contribution in [1.29, 1.82) is 0 Å². The highest BCUT2D eigenvalue weighted by Crippen LogP contribution is 1.97. The van der Waals surface area contributed by atoms with Crippen molar-refractivity contribution in [2.75, 3.05) is 6.54 Å². The largest absolute Gasteiger partial charge is 0.480 e. The van der Waals surface area contributed by atoms with E-state index in [2.05, 4.69) is 17.2 Å². The molecule has 0 unspecified atom stereocenters. The summed E-state index contributed by atoms with van der Waals surface area (Å²) in [6, 6.07) is -1.42. The second-order valence-electron chi connectivity index (χ2n) is 3.02. The van der Waals surface area contributed by atoms with Crippen LogP contribution in [0, 0.1) is 0 Å². The SMILES string of the molecule is C=C(Cl)CNC(=O)N[C@@H](CCC)C(=O)O. The predicted molar refractivity (Wildman–Crippen MR) is 57.9 cm³/mol. The van der Waals surface area contributed by atoms with Gasteiger partial charge in [-0.25, -0.2) is 9.59 Å². The van der Waals surface area contributed by atoms with Crippen LogP contribution < -0.4 is 10.6 Å². The van der Waals surface area contributed by atoms with Crippen LogP contribution >= 0.6 is 11.6 Å². The molecule has 6 heteroatoms.